The van der Waals surface area contributed by atoms with Gasteiger partial charge in [-0.1, -0.05) is 11.6 Å². The Morgan fingerprint density at radius 2 is 1.84 bits per heavy atom. The van der Waals surface area contributed by atoms with Crippen LogP contribution in [0.4, 0.5) is 0 Å². The Balaban J connectivity index is 1.89. The van der Waals surface area contributed by atoms with Gasteiger partial charge < -0.3 is 14.5 Å². The Bertz CT molecular complexity index is 1080. The molecule has 0 radical (unpaired) electrons. The summed E-state index contributed by atoms with van der Waals surface area (Å²) in [6.45, 7) is 2.20. The van der Waals surface area contributed by atoms with Crippen molar-refractivity contribution >= 4 is 33.5 Å². The van der Waals surface area contributed by atoms with Crippen LogP contribution in [0.2, 0.25) is 5.15 Å². The minimum atomic E-state index is 0.170. The molecule has 4 rings (SSSR count). The second-order valence-corrected chi connectivity index (χ2v) is 6.19. The SMILES string of the molecule is COCOc1cc2[nH]c(C)cc2cc1-c1ccc2nc(Cl)ccc2n1. The summed E-state index contributed by atoms with van der Waals surface area (Å²) in [5, 5.41) is 1.56. The Labute approximate surface area is 149 Å². The Morgan fingerprint density at radius 1 is 1.04 bits per heavy atom. The first-order chi connectivity index (χ1) is 12.1. The lowest BCUT2D eigenvalue weighted by molar-refractivity contribution is 0.0516. The molecular weight excluding hydrogens is 338 g/mol. The number of nitrogens with one attached hydrogen (secondary N) is 1. The monoisotopic (exact) mass is 353 g/mol. The number of rotatable bonds is 4. The van der Waals surface area contributed by atoms with Gasteiger partial charge in [0.15, 0.2) is 6.79 Å². The van der Waals surface area contributed by atoms with E-state index in [0.717, 1.165) is 38.9 Å². The van der Waals surface area contributed by atoms with Crippen molar-refractivity contribution in [1.29, 1.82) is 0 Å². The lowest BCUT2D eigenvalue weighted by atomic mass is 10.1. The van der Waals surface area contributed by atoms with Crippen LogP contribution < -0.4 is 4.74 Å². The molecule has 4 aromatic rings. The maximum absolute atomic E-state index is 5.95. The average Bonchev–Trinajstić information content (AvgIpc) is 2.97. The molecule has 0 spiro atoms. The van der Waals surface area contributed by atoms with Gasteiger partial charge in [0.2, 0.25) is 0 Å². The van der Waals surface area contributed by atoms with E-state index < -0.39 is 0 Å². The first-order valence-electron chi connectivity index (χ1n) is 7.83. The van der Waals surface area contributed by atoms with Crippen LogP contribution in [0.3, 0.4) is 0 Å². The number of hydrogen-bond donors (Lipinski definition) is 1. The van der Waals surface area contributed by atoms with Crippen LogP contribution in [0, 0.1) is 6.92 Å². The summed E-state index contributed by atoms with van der Waals surface area (Å²) in [6.07, 6.45) is 0. The molecule has 126 valence electrons. The van der Waals surface area contributed by atoms with Gasteiger partial charge in [0.05, 0.1) is 16.7 Å². The molecule has 3 aromatic heterocycles. The molecule has 0 bridgehead atoms. The fraction of sp³-hybridized carbons (Fsp3) is 0.158. The van der Waals surface area contributed by atoms with E-state index in [1.165, 1.54) is 0 Å². The van der Waals surface area contributed by atoms with Crippen LogP contribution in [0.15, 0.2) is 42.5 Å². The van der Waals surface area contributed by atoms with Crippen molar-refractivity contribution in [3.05, 3.63) is 53.3 Å². The second-order valence-electron chi connectivity index (χ2n) is 5.81. The number of fused-ring (bicyclic) bond motifs is 2. The predicted molar refractivity (Wildman–Crippen MR) is 99.1 cm³/mol. The quantitative estimate of drug-likeness (QED) is 0.426. The lowest BCUT2D eigenvalue weighted by Gasteiger charge is -2.11. The number of nitrogens with zero attached hydrogens (tertiary/aromatic N) is 2. The number of benzene rings is 1. The highest BCUT2D eigenvalue weighted by Gasteiger charge is 2.12. The van der Waals surface area contributed by atoms with Gasteiger partial charge in [0.1, 0.15) is 10.9 Å². The van der Waals surface area contributed by atoms with Crippen molar-refractivity contribution in [2.24, 2.45) is 0 Å². The van der Waals surface area contributed by atoms with Crippen LogP contribution in [0.25, 0.3) is 33.2 Å². The normalized spacial score (nSPS) is 11.3. The van der Waals surface area contributed by atoms with E-state index in [0.29, 0.717) is 10.9 Å². The third-order valence-corrected chi connectivity index (χ3v) is 4.18. The number of hydrogen-bond acceptors (Lipinski definition) is 4. The van der Waals surface area contributed by atoms with Gasteiger partial charge >= 0.3 is 0 Å². The topological polar surface area (TPSA) is 60.0 Å². The van der Waals surface area contributed by atoms with Gasteiger partial charge in [0.25, 0.3) is 0 Å². The molecule has 0 aliphatic rings. The number of pyridine rings is 2. The van der Waals surface area contributed by atoms with Crippen LogP contribution >= 0.6 is 11.6 Å². The van der Waals surface area contributed by atoms with Crippen LogP contribution in [0.5, 0.6) is 5.75 Å². The molecule has 0 saturated carbocycles. The van der Waals surface area contributed by atoms with Gasteiger partial charge in [0, 0.05) is 35.3 Å². The largest absolute Gasteiger partial charge is 0.467 e. The van der Waals surface area contributed by atoms with Gasteiger partial charge in [-0.15, -0.1) is 0 Å². The van der Waals surface area contributed by atoms with Crippen LogP contribution in [-0.4, -0.2) is 28.9 Å². The standard InChI is InChI=1S/C19H16ClN3O2/c1-11-7-12-8-13(18(25-10-24-2)9-17(12)21-11)14-3-4-16-15(22-14)5-6-19(20)23-16/h3-9,21H,10H2,1-2H3. The number of aromatic amines is 1. The number of methoxy groups -OCH3 is 1. The molecule has 0 saturated heterocycles. The van der Waals surface area contributed by atoms with E-state index in [1.54, 1.807) is 13.2 Å². The summed E-state index contributed by atoms with van der Waals surface area (Å²) < 4.78 is 10.8. The molecule has 0 unspecified atom stereocenters. The summed E-state index contributed by atoms with van der Waals surface area (Å²) >= 11 is 5.95. The van der Waals surface area contributed by atoms with E-state index in [9.17, 15) is 0 Å². The average molecular weight is 354 g/mol. The Kier molecular flexibility index (Phi) is 4.03. The fourth-order valence-corrected chi connectivity index (χ4v) is 3.04. The Hall–Kier alpha value is -2.63. The molecule has 0 aliphatic carbocycles. The summed E-state index contributed by atoms with van der Waals surface area (Å²) in [4.78, 5) is 12.3. The highest BCUT2D eigenvalue weighted by atomic mass is 35.5. The summed E-state index contributed by atoms with van der Waals surface area (Å²) in [6, 6.07) is 13.6. The van der Waals surface area contributed by atoms with Crippen molar-refractivity contribution in [3.63, 3.8) is 0 Å². The second kappa shape index (κ2) is 6.35. The molecule has 0 amide bonds. The molecule has 5 nitrogen and oxygen atoms in total. The van der Waals surface area contributed by atoms with Gasteiger partial charge in [-0.05, 0) is 43.3 Å². The minimum absolute atomic E-state index is 0.170. The maximum atomic E-state index is 5.95. The summed E-state index contributed by atoms with van der Waals surface area (Å²) in [7, 11) is 1.60. The Morgan fingerprint density at radius 3 is 2.68 bits per heavy atom. The van der Waals surface area contributed by atoms with E-state index >= 15 is 0 Å². The van der Waals surface area contributed by atoms with E-state index in [-0.39, 0.29) is 6.79 Å². The van der Waals surface area contributed by atoms with Gasteiger partial charge in [-0.2, -0.15) is 0 Å². The molecule has 0 fully saturated rings. The number of aromatic nitrogens is 3. The molecule has 0 atom stereocenters. The highest BCUT2D eigenvalue weighted by Crippen LogP contribution is 2.34. The third kappa shape index (κ3) is 3.04. The highest BCUT2D eigenvalue weighted by molar-refractivity contribution is 6.29. The first kappa shape index (κ1) is 15.9. The number of aryl methyl sites for hydroxylation is 1. The van der Waals surface area contributed by atoms with E-state index in [2.05, 4.69) is 22.1 Å². The van der Waals surface area contributed by atoms with Crippen molar-refractivity contribution in [2.45, 2.75) is 6.92 Å². The molecule has 0 aliphatic heterocycles. The molecule has 6 heteroatoms. The molecule has 3 heterocycles. The zero-order valence-corrected chi connectivity index (χ0v) is 14.6. The van der Waals surface area contributed by atoms with Crippen molar-refractivity contribution in [2.75, 3.05) is 13.9 Å². The fourth-order valence-electron chi connectivity index (χ4n) is 2.88. The van der Waals surface area contributed by atoms with E-state index in [1.807, 2.05) is 31.2 Å². The van der Waals surface area contributed by atoms with Gasteiger partial charge in [-0.25, -0.2) is 9.97 Å². The summed E-state index contributed by atoms with van der Waals surface area (Å²) in [5.74, 6) is 0.713. The maximum Gasteiger partial charge on any atom is 0.188 e. The number of halogens is 1. The molecule has 25 heavy (non-hydrogen) atoms. The zero-order chi connectivity index (χ0) is 17.4. The minimum Gasteiger partial charge on any atom is -0.467 e. The van der Waals surface area contributed by atoms with Crippen molar-refractivity contribution < 1.29 is 9.47 Å². The van der Waals surface area contributed by atoms with Crippen LogP contribution in [0.1, 0.15) is 5.69 Å². The molecule has 1 aromatic carbocycles. The summed E-state index contributed by atoms with van der Waals surface area (Å²) in [5.41, 5.74) is 5.36. The molecular formula is C19H16ClN3O2. The predicted octanol–water partition coefficient (Wildman–Crippen LogP) is 4.72. The number of H-pyrrole nitrogens is 1. The van der Waals surface area contributed by atoms with Gasteiger partial charge in [-0.3, -0.25) is 0 Å². The van der Waals surface area contributed by atoms with E-state index in [4.69, 9.17) is 26.1 Å². The first-order valence-corrected chi connectivity index (χ1v) is 8.20. The van der Waals surface area contributed by atoms with Crippen LogP contribution in [-0.2, 0) is 4.74 Å². The lowest BCUT2D eigenvalue weighted by Crippen LogP contribution is -2.01. The van der Waals surface area contributed by atoms with Crippen molar-refractivity contribution in [3.8, 4) is 17.0 Å². The smallest absolute Gasteiger partial charge is 0.188 e. The number of ether oxygens (including phenoxy) is 2. The third-order valence-electron chi connectivity index (χ3n) is 3.97. The molecule has 1 N–H and O–H groups in total. The van der Waals surface area contributed by atoms with Crippen molar-refractivity contribution in [1.82, 2.24) is 15.0 Å². The zero-order valence-electron chi connectivity index (χ0n) is 13.8.